The molecule has 8 heteroatoms. The van der Waals surface area contributed by atoms with Crippen molar-refractivity contribution >= 4 is 28.4 Å². The minimum atomic E-state index is -0.0996. The lowest BCUT2D eigenvalue weighted by molar-refractivity contribution is 0.185. The fourth-order valence-electron chi connectivity index (χ4n) is 3.55. The van der Waals surface area contributed by atoms with Gasteiger partial charge in [-0.05, 0) is 24.6 Å². The number of hydrogen-bond donors (Lipinski definition) is 1. The van der Waals surface area contributed by atoms with Crippen LogP contribution in [-0.2, 0) is 6.42 Å². The molecule has 3 aromatic rings. The molecule has 2 aromatic carbocycles. The van der Waals surface area contributed by atoms with Gasteiger partial charge in [-0.15, -0.1) is 0 Å². The molecular formula is C22H25N5O2S. The second kappa shape index (κ2) is 9.13. The Morgan fingerprint density at radius 2 is 2.03 bits per heavy atom. The lowest BCUT2D eigenvalue weighted by Gasteiger charge is -2.39. The first-order chi connectivity index (χ1) is 14.6. The quantitative estimate of drug-likeness (QED) is 0.674. The molecule has 4 rings (SSSR count). The zero-order valence-electron chi connectivity index (χ0n) is 17.1. The predicted octanol–water partition coefficient (Wildman–Crippen LogP) is 3.88. The summed E-state index contributed by atoms with van der Waals surface area (Å²) in [5.74, 6) is 1.56. The highest BCUT2D eigenvalue weighted by Gasteiger charge is 2.29. The molecule has 2 heterocycles. The van der Waals surface area contributed by atoms with Crippen LogP contribution in [0.15, 0.2) is 54.6 Å². The molecule has 156 valence electrons. The molecule has 7 nitrogen and oxygen atoms in total. The van der Waals surface area contributed by atoms with E-state index >= 15 is 0 Å². The standard InChI is InChI=1S/C22H25N5O2S/c1-16-15-26(22-24-20(25-30-22)13-17-7-4-3-5-8-17)11-12-27(16)21(28)23-18-9-6-10-19(14-18)29-2/h3-10,14,16H,11-13,15H2,1-2H3,(H,23,28). The third-order valence-corrected chi connectivity index (χ3v) is 5.96. The number of nitrogens with zero attached hydrogens (tertiary/aromatic N) is 4. The van der Waals surface area contributed by atoms with Gasteiger partial charge in [0, 0.05) is 55.4 Å². The summed E-state index contributed by atoms with van der Waals surface area (Å²) in [5, 5.41) is 3.88. The van der Waals surface area contributed by atoms with E-state index in [0.717, 1.165) is 36.2 Å². The number of piperazine rings is 1. The third-order valence-electron chi connectivity index (χ3n) is 5.14. The molecule has 1 aliphatic heterocycles. The maximum absolute atomic E-state index is 12.8. The number of rotatable bonds is 5. The minimum absolute atomic E-state index is 0.0610. The number of carbonyl (C=O) groups excluding carboxylic acids is 1. The molecule has 2 amide bonds. The number of amides is 2. The van der Waals surface area contributed by atoms with Crippen molar-refractivity contribution in [3.05, 3.63) is 66.0 Å². The molecule has 0 bridgehead atoms. The van der Waals surface area contributed by atoms with Crippen LogP contribution in [0.2, 0.25) is 0 Å². The molecule has 1 fully saturated rings. The normalized spacial score (nSPS) is 16.4. The van der Waals surface area contributed by atoms with Crippen molar-refractivity contribution in [2.75, 3.05) is 37.0 Å². The first-order valence-corrected chi connectivity index (χ1v) is 10.7. The molecule has 0 radical (unpaired) electrons. The smallest absolute Gasteiger partial charge is 0.322 e. The van der Waals surface area contributed by atoms with Crippen LogP contribution in [0.25, 0.3) is 0 Å². The van der Waals surface area contributed by atoms with E-state index in [1.165, 1.54) is 17.1 Å². The van der Waals surface area contributed by atoms with Crippen molar-refractivity contribution in [3.63, 3.8) is 0 Å². The lowest BCUT2D eigenvalue weighted by Crippen LogP contribution is -2.55. The highest BCUT2D eigenvalue weighted by Crippen LogP contribution is 2.23. The summed E-state index contributed by atoms with van der Waals surface area (Å²) in [6.45, 7) is 4.15. The number of anilines is 2. The molecule has 1 aromatic heterocycles. The first-order valence-electron chi connectivity index (χ1n) is 9.95. The van der Waals surface area contributed by atoms with E-state index < -0.39 is 0 Å². The second-order valence-corrected chi connectivity index (χ2v) is 8.04. The Kier molecular flexibility index (Phi) is 6.13. The summed E-state index contributed by atoms with van der Waals surface area (Å²) < 4.78 is 9.74. The Balaban J connectivity index is 1.35. The largest absolute Gasteiger partial charge is 0.497 e. The van der Waals surface area contributed by atoms with Gasteiger partial charge in [-0.1, -0.05) is 36.4 Å². The van der Waals surface area contributed by atoms with E-state index in [0.29, 0.717) is 12.3 Å². The highest BCUT2D eigenvalue weighted by atomic mass is 32.1. The maximum atomic E-state index is 12.8. The molecule has 1 saturated heterocycles. The third kappa shape index (κ3) is 4.71. The molecule has 0 spiro atoms. The summed E-state index contributed by atoms with van der Waals surface area (Å²) in [7, 11) is 1.61. The van der Waals surface area contributed by atoms with Crippen LogP contribution in [0.1, 0.15) is 18.3 Å². The number of nitrogens with one attached hydrogen (secondary N) is 1. The van der Waals surface area contributed by atoms with Crippen LogP contribution in [0.3, 0.4) is 0 Å². The lowest BCUT2D eigenvalue weighted by atomic mass is 10.1. The molecule has 30 heavy (non-hydrogen) atoms. The van der Waals surface area contributed by atoms with Gasteiger partial charge in [0.1, 0.15) is 11.6 Å². The van der Waals surface area contributed by atoms with E-state index in [9.17, 15) is 4.79 Å². The second-order valence-electron chi connectivity index (χ2n) is 7.31. The minimum Gasteiger partial charge on any atom is -0.497 e. The van der Waals surface area contributed by atoms with Crippen molar-refractivity contribution in [1.82, 2.24) is 14.3 Å². The van der Waals surface area contributed by atoms with Crippen LogP contribution in [0.5, 0.6) is 5.75 Å². The Bertz CT molecular complexity index is 994. The van der Waals surface area contributed by atoms with Gasteiger partial charge in [0.25, 0.3) is 0 Å². The Hall–Kier alpha value is -3.13. The van der Waals surface area contributed by atoms with Gasteiger partial charge in [-0.3, -0.25) is 0 Å². The van der Waals surface area contributed by atoms with Gasteiger partial charge >= 0.3 is 6.03 Å². The predicted molar refractivity (Wildman–Crippen MR) is 120 cm³/mol. The topological polar surface area (TPSA) is 70.6 Å². The Labute approximate surface area is 180 Å². The Morgan fingerprint density at radius 3 is 2.80 bits per heavy atom. The van der Waals surface area contributed by atoms with Crippen LogP contribution in [0.4, 0.5) is 15.6 Å². The molecule has 0 saturated carbocycles. The fraction of sp³-hybridized carbons (Fsp3) is 0.318. The number of benzene rings is 2. The van der Waals surface area contributed by atoms with E-state index in [1.54, 1.807) is 7.11 Å². The highest BCUT2D eigenvalue weighted by molar-refractivity contribution is 7.09. The molecule has 1 N–H and O–H groups in total. The summed E-state index contributed by atoms with van der Waals surface area (Å²) in [6, 6.07) is 17.6. The monoisotopic (exact) mass is 423 g/mol. The van der Waals surface area contributed by atoms with Crippen molar-refractivity contribution in [1.29, 1.82) is 0 Å². The van der Waals surface area contributed by atoms with E-state index in [2.05, 4.69) is 33.6 Å². The van der Waals surface area contributed by atoms with E-state index in [1.807, 2.05) is 47.4 Å². The summed E-state index contributed by atoms with van der Waals surface area (Å²) in [4.78, 5) is 21.6. The van der Waals surface area contributed by atoms with Crippen molar-refractivity contribution in [2.45, 2.75) is 19.4 Å². The van der Waals surface area contributed by atoms with Crippen LogP contribution < -0.4 is 15.0 Å². The summed E-state index contributed by atoms with van der Waals surface area (Å²) in [5.41, 5.74) is 1.93. The van der Waals surface area contributed by atoms with Gasteiger partial charge in [0.15, 0.2) is 0 Å². The molecule has 1 aliphatic rings. The van der Waals surface area contributed by atoms with Gasteiger partial charge in [0.05, 0.1) is 7.11 Å². The van der Waals surface area contributed by atoms with Gasteiger partial charge < -0.3 is 19.9 Å². The first kappa shape index (κ1) is 20.2. The number of hydrogen-bond acceptors (Lipinski definition) is 6. The summed E-state index contributed by atoms with van der Waals surface area (Å²) >= 11 is 1.43. The zero-order chi connectivity index (χ0) is 20.9. The Morgan fingerprint density at radius 1 is 1.20 bits per heavy atom. The zero-order valence-corrected chi connectivity index (χ0v) is 17.9. The van der Waals surface area contributed by atoms with Crippen LogP contribution in [0, 0.1) is 0 Å². The number of ether oxygens (including phenoxy) is 1. The molecular weight excluding hydrogens is 398 g/mol. The average molecular weight is 424 g/mol. The van der Waals surface area contributed by atoms with Crippen molar-refractivity contribution in [2.24, 2.45) is 0 Å². The van der Waals surface area contributed by atoms with Crippen molar-refractivity contribution < 1.29 is 9.53 Å². The number of carbonyl (C=O) groups is 1. The molecule has 1 atom stereocenters. The van der Waals surface area contributed by atoms with Gasteiger partial charge in [-0.25, -0.2) is 9.78 Å². The van der Waals surface area contributed by atoms with E-state index in [4.69, 9.17) is 9.72 Å². The number of methoxy groups -OCH3 is 1. The number of urea groups is 1. The maximum Gasteiger partial charge on any atom is 0.322 e. The van der Waals surface area contributed by atoms with Crippen molar-refractivity contribution in [3.8, 4) is 5.75 Å². The SMILES string of the molecule is COc1cccc(NC(=O)N2CCN(c3nc(Cc4ccccc4)ns3)CC2C)c1. The fourth-order valence-corrected chi connectivity index (χ4v) is 4.27. The van der Waals surface area contributed by atoms with Gasteiger partial charge in [0.2, 0.25) is 5.13 Å². The van der Waals surface area contributed by atoms with Gasteiger partial charge in [-0.2, -0.15) is 4.37 Å². The average Bonchev–Trinajstić information content (AvgIpc) is 3.23. The van der Waals surface area contributed by atoms with E-state index in [-0.39, 0.29) is 12.1 Å². The van der Waals surface area contributed by atoms with Crippen LogP contribution in [-0.4, -0.2) is 53.1 Å². The molecule has 0 aliphatic carbocycles. The summed E-state index contributed by atoms with van der Waals surface area (Å²) in [6.07, 6.45) is 0.732. The van der Waals surface area contributed by atoms with Crippen LogP contribution >= 0.6 is 11.5 Å². The molecule has 1 unspecified atom stereocenters. The number of aromatic nitrogens is 2.